The van der Waals surface area contributed by atoms with Crippen LogP contribution in [0, 0.1) is 0 Å². The first kappa shape index (κ1) is 10.4. The number of nitrogens with two attached hydrogens (primary N) is 2. The smallest absolute Gasteiger partial charge is 0.0775 e. The highest BCUT2D eigenvalue weighted by Crippen LogP contribution is 2.00. The van der Waals surface area contributed by atoms with E-state index in [1.54, 1.807) is 6.08 Å². The van der Waals surface area contributed by atoms with Crippen molar-refractivity contribution in [2.24, 2.45) is 11.5 Å². The fraction of sp³-hybridized carbons (Fsp3) is 0.429. The largest absolute Gasteiger partial charge is 0.403 e. The van der Waals surface area contributed by atoms with Gasteiger partial charge in [-0.1, -0.05) is 0 Å². The normalized spacial score (nSPS) is 13.8. The Labute approximate surface area is 75.6 Å². The van der Waals surface area contributed by atoms with E-state index >= 15 is 0 Å². The second-order valence-corrected chi connectivity index (χ2v) is 3.37. The maximum Gasteiger partial charge on any atom is 0.0775 e. The van der Waals surface area contributed by atoms with Crippen LogP contribution in [0.15, 0.2) is 22.6 Å². The van der Waals surface area contributed by atoms with E-state index in [0.29, 0.717) is 10.6 Å². The molecular formula is C7H14BrN3. The highest BCUT2D eigenvalue weighted by Gasteiger charge is 1.94. The van der Waals surface area contributed by atoms with Gasteiger partial charge in [0.25, 0.3) is 0 Å². The molecule has 0 aliphatic carbocycles. The molecule has 0 atom stereocenters. The van der Waals surface area contributed by atoms with Gasteiger partial charge in [0.2, 0.25) is 0 Å². The van der Waals surface area contributed by atoms with E-state index in [1.165, 1.54) is 6.20 Å². The summed E-state index contributed by atoms with van der Waals surface area (Å²) < 4.78 is 0.558. The van der Waals surface area contributed by atoms with Crippen molar-refractivity contribution in [1.82, 2.24) is 5.32 Å². The molecule has 0 saturated heterocycles. The minimum Gasteiger partial charge on any atom is -0.403 e. The van der Waals surface area contributed by atoms with E-state index in [9.17, 15) is 0 Å². The molecule has 4 heteroatoms. The highest BCUT2D eigenvalue weighted by molar-refractivity contribution is 9.11. The molecule has 0 amide bonds. The second kappa shape index (κ2) is 5.07. The van der Waals surface area contributed by atoms with Crippen LogP contribution in [0.4, 0.5) is 0 Å². The minimum atomic E-state index is 0.355. The number of nitrogens with one attached hydrogen (secondary N) is 1. The standard InChI is InChI=1S/C7H14BrN3/c1-5(2)11-6(4-9)3-7(8)10/h3-5,11H,9-10H2,1-2H3/b6-4+,7-3-. The summed E-state index contributed by atoms with van der Waals surface area (Å²) in [7, 11) is 0. The number of allylic oxidation sites excluding steroid dienone is 1. The molecule has 0 aliphatic rings. The molecule has 5 N–H and O–H groups in total. The topological polar surface area (TPSA) is 64.1 Å². The monoisotopic (exact) mass is 219 g/mol. The third-order valence-corrected chi connectivity index (χ3v) is 1.16. The van der Waals surface area contributed by atoms with Gasteiger partial charge in [0.1, 0.15) is 0 Å². The van der Waals surface area contributed by atoms with Crippen molar-refractivity contribution in [1.29, 1.82) is 0 Å². The van der Waals surface area contributed by atoms with Crippen molar-refractivity contribution >= 4 is 15.9 Å². The Morgan fingerprint density at radius 2 is 2.09 bits per heavy atom. The molecular weight excluding hydrogens is 206 g/mol. The van der Waals surface area contributed by atoms with Gasteiger partial charge < -0.3 is 16.8 Å². The van der Waals surface area contributed by atoms with Crippen LogP contribution in [0.1, 0.15) is 13.8 Å². The zero-order valence-corrected chi connectivity index (χ0v) is 8.35. The molecule has 0 heterocycles. The summed E-state index contributed by atoms with van der Waals surface area (Å²) in [6, 6.07) is 0.355. The Morgan fingerprint density at radius 1 is 1.55 bits per heavy atom. The minimum absolute atomic E-state index is 0.355. The number of rotatable bonds is 3. The summed E-state index contributed by atoms with van der Waals surface area (Å²) in [4.78, 5) is 0. The molecule has 64 valence electrons. The first-order valence-corrected chi connectivity index (χ1v) is 4.16. The second-order valence-electron chi connectivity index (χ2n) is 2.45. The summed E-state index contributed by atoms with van der Waals surface area (Å²) in [6.07, 6.45) is 3.20. The van der Waals surface area contributed by atoms with Gasteiger partial charge in [0, 0.05) is 12.2 Å². The van der Waals surface area contributed by atoms with Gasteiger partial charge >= 0.3 is 0 Å². The van der Waals surface area contributed by atoms with E-state index in [1.807, 2.05) is 13.8 Å². The van der Waals surface area contributed by atoms with Crippen molar-refractivity contribution in [3.05, 3.63) is 22.6 Å². The average Bonchev–Trinajstić information content (AvgIpc) is 1.84. The SMILES string of the molecule is CC(C)NC(/C=C(\N)Br)=C/N. The van der Waals surface area contributed by atoms with Crippen LogP contribution in [-0.2, 0) is 0 Å². The maximum atomic E-state index is 5.39. The fourth-order valence-corrected chi connectivity index (χ4v) is 0.866. The lowest BCUT2D eigenvalue weighted by Gasteiger charge is -2.09. The van der Waals surface area contributed by atoms with Crippen LogP contribution < -0.4 is 16.8 Å². The van der Waals surface area contributed by atoms with Crippen molar-refractivity contribution in [2.75, 3.05) is 0 Å². The maximum absolute atomic E-state index is 5.39. The van der Waals surface area contributed by atoms with Gasteiger partial charge in [0.05, 0.1) is 10.3 Å². The summed E-state index contributed by atoms with van der Waals surface area (Å²) in [5.41, 5.74) is 11.5. The van der Waals surface area contributed by atoms with E-state index < -0.39 is 0 Å². The molecule has 0 aromatic heterocycles. The first-order chi connectivity index (χ1) is 5.06. The lowest BCUT2D eigenvalue weighted by molar-refractivity contribution is 0.679. The Bertz CT molecular complexity index is 169. The molecule has 0 aromatic carbocycles. The van der Waals surface area contributed by atoms with Crippen LogP contribution in [0.3, 0.4) is 0 Å². The van der Waals surface area contributed by atoms with Crippen LogP contribution in [0.2, 0.25) is 0 Å². The Balaban J connectivity index is 4.10. The molecule has 0 radical (unpaired) electrons. The van der Waals surface area contributed by atoms with E-state index in [4.69, 9.17) is 11.5 Å². The zero-order valence-electron chi connectivity index (χ0n) is 6.76. The summed E-state index contributed by atoms with van der Waals surface area (Å²) in [6.45, 7) is 4.06. The molecule has 3 nitrogen and oxygen atoms in total. The number of hydrogen-bond donors (Lipinski definition) is 3. The lowest BCUT2D eigenvalue weighted by atomic mass is 10.3. The predicted octanol–water partition coefficient (Wildman–Crippen LogP) is 0.980. The zero-order chi connectivity index (χ0) is 8.85. The third-order valence-electron chi connectivity index (χ3n) is 0.928. The average molecular weight is 220 g/mol. The van der Waals surface area contributed by atoms with Gasteiger partial charge in [-0.25, -0.2) is 0 Å². The van der Waals surface area contributed by atoms with Crippen LogP contribution in [0.25, 0.3) is 0 Å². The van der Waals surface area contributed by atoms with Gasteiger partial charge in [-0.15, -0.1) is 0 Å². The number of halogens is 1. The third kappa shape index (κ3) is 5.79. The summed E-state index contributed by atoms with van der Waals surface area (Å²) in [5, 5.41) is 3.11. The van der Waals surface area contributed by atoms with Crippen molar-refractivity contribution < 1.29 is 0 Å². The predicted molar refractivity (Wildman–Crippen MR) is 51.7 cm³/mol. The van der Waals surface area contributed by atoms with Gasteiger partial charge in [-0.2, -0.15) is 0 Å². The van der Waals surface area contributed by atoms with Crippen molar-refractivity contribution in [3.63, 3.8) is 0 Å². The van der Waals surface area contributed by atoms with E-state index in [0.717, 1.165) is 5.70 Å². The van der Waals surface area contributed by atoms with Gasteiger partial charge in [-0.05, 0) is 35.9 Å². The van der Waals surface area contributed by atoms with Gasteiger partial charge in [-0.3, -0.25) is 0 Å². The molecule has 0 aromatic rings. The highest BCUT2D eigenvalue weighted by atomic mass is 79.9. The molecule has 11 heavy (non-hydrogen) atoms. The van der Waals surface area contributed by atoms with E-state index in [2.05, 4.69) is 21.2 Å². The lowest BCUT2D eigenvalue weighted by Crippen LogP contribution is -2.22. The van der Waals surface area contributed by atoms with Crippen molar-refractivity contribution in [2.45, 2.75) is 19.9 Å². The molecule has 0 unspecified atom stereocenters. The molecule has 0 spiro atoms. The quantitative estimate of drug-likeness (QED) is 0.490. The Morgan fingerprint density at radius 3 is 2.36 bits per heavy atom. The Kier molecular flexibility index (Phi) is 4.77. The molecule has 0 aliphatic heterocycles. The molecule has 0 fully saturated rings. The molecule has 0 rings (SSSR count). The Hall–Kier alpha value is -0.640. The summed E-state index contributed by atoms with van der Waals surface area (Å²) >= 11 is 3.11. The summed E-state index contributed by atoms with van der Waals surface area (Å²) in [5.74, 6) is 0. The van der Waals surface area contributed by atoms with Crippen LogP contribution in [-0.4, -0.2) is 6.04 Å². The first-order valence-electron chi connectivity index (χ1n) is 3.37. The van der Waals surface area contributed by atoms with E-state index in [-0.39, 0.29) is 0 Å². The fourth-order valence-electron chi connectivity index (χ4n) is 0.620. The van der Waals surface area contributed by atoms with Gasteiger partial charge in [0.15, 0.2) is 0 Å². The van der Waals surface area contributed by atoms with Crippen molar-refractivity contribution in [3.8, 4) is 0 Å². The number of hydrogen-bond acceptors (Lipinski definition) is 3. The van der Waals surface area contributed by atoms with Crippen LogP contribution >= 0.6 is 15.9 Å². The van der Waals surface area contributed by atoms with Crippen LogP contribution in [0.5, 0.6) is 0 Å². The molecule has 0 saturated carbocycles. The molecule has 0 bridgehead atoms.